The molecular weight excluding hydrogens is 310 g/mol. The van der Waals surface area contributed by atoms with E-state index in [1.54, 1.807) is 25.0 Å². The number of aryl methyl sites for hydroxylation is 2. The number of hydrogen-bond donors (Lipinski definition) is 1. The Morgan fingerprint density at radius 1 is 1.33 bits per heavy atom. The molecule has 128 valence electrons. The van der Waals surface area contributed by atoms with Crippen molar-refractivity contribution in [3.05, 3.63) is 29.3 Å². The first-order chi connectivity index (χ1) is 11.5. The second-order valence-electron chi connectivity index (χ2n) is 5.95. The van der Waals surface area contributed by atoms with Crippen LogP contribution in [0.3, 0.4) is 0 Å². The second-order valence-corrected chi connectivity index (χ2v) is 5.95. The number of anilines is 1. The largest absolute Gasteiger partial charge is 0.467 e. The zero-order chi connectivity index (χ0) is 17.1. The molecule has 8 heteroatoms. The molecule has 1 amide bonds. The Balaban J connectivity index is 1.67. The number of carbonyl (C=O) groups is 1. The molecular formula is C16H21N5O3. The number of ether oxygens (including phenoxy) is 1. The van der Waals surface area contributed by atoms with Crippen molar-refractivity contribution in [1.82, 2.24) is 20.0 Å². The summed E-state index contributed by atoms with van der Waals surface area (Å²) in [5, 5.41) is 7.15. The van der Waals surface area contributed by atoms with Gasteiger partial charge in [-0.15, -0.1) is 0 Å². The first-order valence-electron chi connectivity index (χ1n) is 7.94. The molecule has 1 aliphatic rings. The fourth-order valence-electron chi connectivity index (χ4n) is 2.82. The summed E-state index contributed by atoms with van der Waals surface area (Å²) in [5.41, 5.74) is 1.53. The molecule has 1 fully saturated rings. The first kappa shape index (κ1) is 16.2. The molecule has 1 saturated heterocycles. The van der Waals surface area contributed by atoms with Gasteiger partial charge in [-0.05, 0) is 26.7 Å². The van der Waals surface area contributed by atoms with Gasteiger partial charge in [0.25, 0.3) is 5.91 Å². The minimum absolute atomic E-state index is 0.116. The van der Waals surface area contributed by atoms with E-state index >= 15 is 0 Å². The molecule has 2 aromatic rings. The molecule has 1 atom stereocenters. The van der Waals surface area contributed by atoms with Gasteiger partial charge in [0, 0.05) is 37.0 Å². The monoisotopic (exact) mass is 331 g/mol. The Hall–Kier alpha value is -2.64. The van der Waals surface area contributed by atoms with Gasteiger partial charge in [-0.1, -0.05) is 5.16 Å². The molecule has 0 saturated carbocycles. The zero-order valence-electron chi connectivity index (χ0n) is 14.1. The van der Waals surface area contributed by atoms with Crippen molar-refractivity contribution in [3.63, 3.8) is 0 Å². The predicted octanol–water partition coefficient (Wildman–Crippen LogP) is 1.81. The van der Waals surface area contributed by atoms with E-state index in [9.17, 15) is 4.79 Å². The molecule has 1 aliphatic heterocycles. The van der Waals surface area contributed by atoms with Gasteiger partial charge < -0.3 is 19.5 Å². The van der Waals surface area contributed by atoms with Gasteiger partial charge in [-0.2, -0.15) is 4.98 Å². The van der Waals surface area contributed by atoms with Gasteiger partial charge in [0.2, 0.25) is 5.76 Å². The topological polar surface area (TPSA) is 93.4 Å². The highest BCUT2D eigenvalue weighted by molar-refractivity contribution is 5.91. The lowest BCUT2D eigenvalue weighted by Gasteiger charge is -2.32. The summed E-state index contributed by atoms with van der Waals surface area (Å²) in [6, 6.07) is 3.98. The maximum atomic E-state index is 12.5. The van der Waals surface area contributed by atoms with Crippen LogP contribution < -0.4 is 10.1 Å². The van der Waals surface area contributed by atoms with Crippen molar-refractivity contribution in [2.45, 2.75) is 32.7 Å². The van der Waals surface area contributed by atoms with Crippen LogP contribution in [0.1, 0.15) is 34.8 Å². The van der Waals surface area contributed by atoms with Crippen LogP contribution in [0.25, 0.3) is 0 Å². The molecule has 3 heterocycles. The summed E-state index contributed by atoms with van der Waals surface area (Å²) >= 11 is 0. The maximum absolute atomic E-state index is 12.5. The Morgan fingerprint density at radius 3 is 2.88 bits per heavy atom. The molecule has 3 rings (SSSR count). The van der Waals surface area contributed by atoms with Gasteiger partial charge in [0.15, 0.2) is 0 Å². The van der Waals surface area contributed by atoms with Gasteiger partial charge in [0.1, 0.15) is 5.82 Å². The van der Waals surface area contributed by atoms with Gasteiger partial charge in [-0.3, -0.25) is 4.79 Å². The van der Waals surface area contributed by atoms with E-state index in [0.717, 1.165) is 18.5 Å². The third kappa shape index (κ3) is 3.64. The van der Waals surface area contributed by atoms with E-state index in [1.807, 2.05) is 13.0 Å². The minimum Gasteiger partial charge on any atom is -0.467 e. The van der Waals surface area contributed by atoms with Crippen LogP contribution in [0.4, 0.5) is 5.82 Å². The molecule has 8 nitrogen and oxygen atoms in total. The van der Waals surface area contributed by atoms with Crippen LogP contribution in [-0.4, -0.2) is 52.2 Å². The number of carbonyl (C=O) groups excluding carboxylic acids is 1. The van der Waals surface area contributed by atoms with Crippen molar-refractivity contribution < 1.29 is 14.1 Å². The Kier molecular flexibility index (Phi) is 4.64. The normalized spacial score (nSPS) is 17.6. The van der Waals surface area contributed by atoms with E-state index in [1.165, 1.54) is 0 Å². The molecule has 0 spiro atoms. The lowest BCUT2D eigenvalue weighted by molar-refractivity contribution is 0.0672. The van der Waals surface area contributed by atoms with E-state index in [0.29, 0.717) is 30.6 Å². The standard InChI is InChI=1S/C16H21N5O3/c1-10-8-14(19-16(17-10)23-3)18-12-5-4-6-21(9-12)15(22)13-7-11(2)20-24-13/h7-8,12H,4-6,9H2,1-3H3,(H,17,18,19)/t12-/m1/s1. The molecule has 0 aliphatic carbocycles. The highest BCUT2D eigenvalue weighted by atomic mass is 16.5. The van der Waals surface area contributed by atoms with Crippen LogP contribution in [0.2, 0.25) is 0 Å². The van der Waals surface area contributed by atoms with Crippen molar-refractivity contribution in [2.75, 3.05) is 25.5 Å². The van der Waals surface area contributed by atoms with E-state index < -0.39 is 0 Å². The SMILES string of the molecule is COc1nc(C)cc(N[C@@H]2CCCN(C(=O)c3cc(C)no3)C2)n1. The predicted molar refractivity (Wildman–Crippen MR) is 87.1 cm³/mol. The minimum atomic E-state index is -0.126. The number of piperidine rings is 1. The fourth-order valence-corrected chi connectivity index (χ4v) is 2.82. The molecule has 0 radical (unpaired) electrons. The lowest BCUT2D eigenvalue weighted by Crippen LogP contribution is -2.45. The van der Waals surface area contributed by atoms with Crippen LogP contribution >= 0.6 is 0 Å². The van der Waals surface area contributed by atoms with Gasteiger partial charge in [-0.25, -0.2) is 4.98 Å². The van der Waals surface area contributed by atoms with Crippen molar-refractivity contribution in [2.24, 2.45) is 0 Å². The Labute approximate surface area is 140 Å². The summed E-state index contributed by atoms with van der Waals surface area (Å²) in [4.78, 5) is 22.7. The zero-order valence-corrected chi connectivity index (χ0v) is 14.1. The lowest BCUT2D eigenvalue weighted by atomic mass is 10.1. The number of aromatic nitrogens is 3. The molecule has 2 aromatic heterocycles. The Morgan fingerprint density at radius 2 is 2.17 bits per heavy atom. The quantitative estimate of drug-likeness (QED) is 0.913. The summed E-state index contributed by atoms with van der Waals surface area (Å²) in [7, 11) is 1.54. The van der Waals surface area contributed by atoms with Crippen molar-refractivity contribution in [3.8, 4) is 6.01 Å². The highest BCUT2D eigenvalue weighted by Crippen LogP contribution is 2.19. The van der Waals surface area contributed by atoms with Crippen molar-refractivity contribution in [1.29, 1.82) is 0 Å². The number of likely N-dealkylation sites (tertiary alicyclic amines) is 1. The number of methoxy groups -OCH3 is 1. The van der Waals surface area contributed by atoms with Crippen LogP contribution in [0.5, 0.6) is 6.01 Å². The highest BCUT2D eigenvalue weighted by Gasteiger charge is 2.27. The molecule has 0 aromatic carbocycles. The number of hydrogen-bond acceptors (Lipinski definition) is 7. The van der Waals surface area contributed by atoms with Crippen LogP contribution in [0, 0.1) is 13.8 Å². The van der Waals surface area contributed by atoms with E-state index in [4.69, 9.17) is 9.26 Å². The summed E-state index contributed by atoms with van der Waals surface area (Å²) in [5.74, 6) is 0.861. The molecule has 1 N–H and O–H groups in total. The number of rotatable bonds is 4. The summed E-state index contributed by atoms with van der Waals surface area (Å²) in [6.45, 7) is 4.98. The van der Waals surface area contributed by atoms with E-state index in [2.05, 4.69) is 20.4 Å². The number of nitrogens with one attached hydrogen (secondary N) is 1. The fraction of sp³-hybridized carbons (Fsp3) is 0.500. The van der Waals surface area contributed by atoms with Gasteiger partial charge >= 0.3 is 6.01 Å². The summed E-state index contributed by atoms with van der Waals surface area (Å²) in [6.07, 6.45) is 1.88. The number of amides is 1. The van der Waals surface area contributed by atoms with E-state index in [-0.39, 0.29) is 17.7 Å². The first-order valence-corrected chi connectivity index (χ1v) is 7.94. The average molecular weight is 331 g/mol. The number of nitrogens with zero attached hydrogens (tertiary/aromatic N) is 4. The third-order valence-electron chi connectivity index (χ3n) is 3.92. The summed E-state index contributed by atoms with van der Waals surface area (Å²) < 4.78 is 10.2. The van der Waals surface area contributed by atoms with Crippen LogP contribution in [-0.2, 0) is 0 Å². The Bertz CT molecular complexity index is 730. The smallest absolute Gasteiger partial charge is 0.318 e. The average Bonchev–Trinajstić information content (AvgIpc) is 3.00. The van der Waals surface area contributed by atoms with Crippen LogP contribution in [0.15, 0.2) is 16.7 Å². The van der Waals surface area contributed by atoms with Gasteiger partial charge in [0.05, 0.1) is 12.8 Å². The maximum Gasteiger partial charge on any atom is 0.318 e. The molecule has 0 unspecified atom stereocenters. The molecule has 24 heavy (non-hydrogen) atoms. The molecule has 0 bridgehead atoms. The second kappa shape index (κ2) is 6.86. The van der Waals surface area contributed by atoms with Crippen molar-refractivity contribution >= 4 is 11.7 Å². The third-order valence-corrected chi connectivity index (χ3v) is 3.92.